The van der Waals surface area contributed by atoms with Crippen molar-refractivity contribution in [2.75, 3.05) is 20.2 Å². The molecule has 0 spiro atoms. The van der Waals surface area contributed by atoms with Gasteiger partial charge < -0.3 is 20.7 Å². The molecular weight excluding hydrogens is 455 g/mol. The van der Waals surface area contributed by atoms with Gasteiger partial charge >= 0.3 is 0 Å². The molecule has 3 N–H and O–H groups in total. The number of benzene rings is 1. The van der Waals surface area contributed by atoms with Gasteiger partial charge in [0.1, 0.15) is 5.75 Å². The highest BCUT2D eigenvalue weighted by atomic mass is 127. The van der Waals surface area contributed by atoms with Crippen LogP contribution in [0.1, 0.15) is 44.7 Å². The summed E-state index contributed by atoms with van der Waals surface area (Å²) in [6.07, 6.45) is 2.54. The number of hydrogen-bond donors (Lipinski definition) is 3. The van der Waals surface area contributed by atoms with E-state index in [2.05, 4.69) is 46.1 Å². The van der Waals surface area contributed by atoms with E-state index in [1.54, 1.807) is 7.05 Å². The van der Waals surface area contributed by atoms with Crippen LogP contribution < -0.4 is 20.7 Å². The van der Waals surface area contributed by atoms with Crippen molar-refractivity contribution in [1.29, 1.82) is 0 Å². The fraction of sp³-hybridized carbons (Fsp3) is 0.600. The van der Waals surface area contributed by atoms with Crippen LogP contribution in [0, 0.1) is 12.8 Å². The third-order valence-electron chi connectivity index (χ3n) is 3.99. The van der Waals surface area contributed by atoms with Crippen LogP contribution in [0.2, 0.25) is 0 Å². The molecule has 152 valence electrons. The number of carbonyl (C=O) groups is 1. The van der Waals surface area contributed by atoms with E-state index >= 15 is 0 Å². The first-order valence-electron chi connectivity index (χ1n) is 9.24. The second kappa shape index (κ2) is 10.7. The predicted octanol–water partition coefficient (Wildman–Crippen LogP) is 2.98. The lowest BCUT2D eigenvalue weighted by Gasteiger charge is -2.21. The molecule has 2 rings (SSSR count). The fourth-order valence-corrected chi connectivity index (χ4v) is 2.46. The fourth-order valence-electron chi connectivity index (χ4n) is 2.46. The number of amides is 1. The van der Waals surface area contributed by atoms with Crippen molar-refractivity contribution in [3.63, 3.8) is 0 Å². The Labute approximate surface area is 179 Å². The standard InChI is InChI=1S/C20H32N4O2.HI/c1-14-6-9-16(17(10-14)26-13-15-7-8-15)11-22-19(21-5)23-12-18(25)24-20(2,3)4;/h6,9-10,15H,7-8,11-13H2,1-5H3,(H,24,25)(H2,21,22,23);1H. The monoisotopic (exact) mass is 488 g/mol. The van der Waals surface area contributed by atoms with Gasteiger partial charge in [0.15, 0.2) is 5.96 Å². The summed E-state index contributed by atoms with van der Waals surface area (Å²) in [5.41, 5.74) is 2.02. The molecule has 0 radical (unpaired) electrons. The molecule has 6 nitrogen and oxygen atoms in total. The Bertz CT molecular complexity index is 652. The highest BCUT2D eigenvalue weighted by Gasteiger charge is 2.22. The van der Waals surface area contributed by atoms with Gasteiger partial charge in [-0.25, -0.2) is 0 Å². The van der Waals surface area contributed by atoms with Crippen molar-refractivity contribution < 1.29 is 9.53 Å². The van der Waals surface area contributed by atoms with E-state index in [4.69, 9.17) is 4.74 Å². The molecule has 27 heavy (non-hydrogen) atoms. The van der Waals surface area contributed by atoms with Gasteiger partial charge in [0.05, 0.1) is 13.2 Å². The number of aryl methyl sites for hydroxylation is 1. The van der Waals surface area contributed by atoms with Gasteiger partial charge in [-0.2, -0.15) is 0 Å². The van der Waals surface area contributed by atoms with Crippen molar-refractivity contribution in [2.24, 2.45) is 10.9 Å². The molecule has 0 saturated heterocycles. The normalized spacial score (nSPS) is 14.2. The number of guanidine groups is 1. The van der Waals surface area contributed by atoms with Crippen LogP contribution in [0.3, 0.4) is 0 Å². The summed E-state index contributed by atoms with van der Waals surface area (Å²) in [6, 6.07) is 6.23. The molecule has 1 aliphatic rings. The number of hydrogen-bond acceptors (Lipinski definition) is 3. The molecule has 0 bridgehead atoms. The van der Waals surface area contributed by atoms with E-state index in [1.165, 1.54) is 18.4 Å². The number of rotatable bonds is 7. The first-order valence-corrected chi connectivity index (χ1v) is 9.24. The van der Waals surface area contributed by atoms with E-state index < -0.39 is 0 Å². The first-order chi connectivity index (χ1) is 12.3. The predicted molar refractivity (Wildman–Crippen MR) is 121 cm³/mol. The average molecular weight is 488 g/mol. The van der Waals surface area contributed by atoms with Gasteiger partial charge in [0.2, 0.25) is 5.91 Å². The maximum atomic E-state index is 11.9. The highest BCUT2D eigenvalue weighted by molar-refractivity contribution is 14.0. The molecule has 1 fully saturated rings. The Kier molecular flexibility index (Phi) is 9.35. The number of ether oxygens (including phenoxy) is 1. The molecule has 1 amide bonds. The largest absolute Gasteiger partial charge is 0.493 e. The first kappa shape index (κ1) is 23.5. The average Bonchev–Trinajstić information content (AvgIpc) is 3.37. The van der Waals surface area contributed by atoms with Gasteiger partial charge in [-0.05, 0) is 58.1 Å². The summed E-state index contributed by atoms with van der Waals surface area (Å²) >= 11 is 0. The van der Waals surface area contributed by atoms with Crippen molar-refractivity contribution in [2.45, 2.75) is 52.6 Å². The number of halogens is 1. The molecule has 1 aromatic rings. The molecule has 1 aliphatic carbocycles. The number of nitrogens with zero attached hydrogens (tertiary/aromatic N) is 1. The number of aliphatic imine (C=N–C) groups is 1. The number of carbonyl (C=O) groups excluding carboxylic acids is 1. The van der Waals surface area contributed by atoms with Crippen molar-refractivity contribution in [1.82, 2.24) is 16.0 Å². The molecule has 7 heteroatoms. The zero-order chi connectivity index (χ0) is 19.2. The van der Waals surface area contributed by atoms with Crippen LogP contribution in [0.5, 0.6) is 5.75 Å². The summed E-state index contributed by atoms with van der Waals surface area (Å²) in [6.45, 7) is 9.48. The summed E-state index contributed by atoms with van der Waals surface area (Å²) in [5.74, 6) is 2.16. The van der Waals surface area contributed by atoms with Crippen LogP contribution in [-0.4, -0.2) is 37.6 Å². The van der Waals surface area contributed by atoms with E-state index in [9.17, 15) is 4.79 Å². The number of nitrogens with one attached hydrogen (secondary N) is 3. The summed E-state index contributed by atoms with van der Waals surface area (Å²) in [7, 11) is 1.69. The Morgan fingerprint density at radius 3 is 2.56 bits per heavy atom. The molecule has 0 unspecified atom stereocenters. The third-order valence-corrected chi connectivity index (χ3v) is 3.99. The lowest BCUT2D eigenvalue weighted by molar-refractivity contribution is -0.121. The highest BCUT2D eigenvalue weighted by Crippen LogP contribution is 2.30. The van der Waals surface area contributed by atoms with Crippen LogP contribution in [-0.2, 0) is 11.3 Å². The Morgan fingerprint density at radius 1 is 1.26 bits per heavy atom. The van der Waals surface area contributed by atoms with Crippen molar-refractivity contribution in [3.8, 4) is 5.75 Å². The van der Waals surface area contributed by atoms with Crippen LogP contribution >= 0.6 is 24.0 Å². The summed E-state index contributed by atoms with van der Waals surface area (Å²) < 4.78 is 6.00. The molecule has 1 saturated carbocycles. The van der Waals surface area contributed by atoms with Crippen LogP contribution in [0.4, 0.5) is 0 Å². The summed E-state index contributed by atoms with van der Waals surface area (Å²) in [4.78, 5) is 16.1. The lowest BCUT2D eigenvalue weighted by atomic mass is 10.1. The molecule has 0 atom stereocenters. The maximum Gasteiger partial charge on any atom is 0.239 e. The zero-order valence-corrected chi connectivity index (χ0v) is 19.3. The minimum Gasteiger partial charge on any atom is -0.493 e. The van der Waals surface area contributed by atoms with E-state index in [0.717, 1.165) is 17.9 Å². The van der Waals surface area contributed by atoms with Crippen LogP contribution in [0.15, 0.2) is 23.2 Å². The van der Waals surface area contributed by atoms with E-state index in [-0.39, 0.29) is 42.0 Å². The maximum absolute atomic E-state index is 11.9. The molecule has 1 aromatic carbocycles. The van der Waals surface area contributed by atoms with E-state index in [1.807, 2.05) is 20.8 Å². The zero-order valence-electron chi connectivity index (χ0n) is 17.0. The molecule has 0 aliphatic heterocycles. The van der Waals surface area contributed by atoms with Gasteiger partial charge in [0, 0.05) is 24.7 Å². The van der Waals surface area contributed by atoms with Crippen molar-refractivity contribution in [3.05, 3.63) is 29.3 Å². The third kappa shape index (κ3) is 9.30. The van der Waals surface area contributed by atoms with Gasteiger partial charge in [-0.3, -0.25) is 9.79 Å². The van der Waals surface area contributed by atoms with E-state index in [0.29, 0.717) is 18.4 Å². The quantitative estimate of drug-likeness (QED) is 0.314. The topological polar surface area (TPSA) is 74.8 Å². The minimum absolute atomic E-state index is 0. The SMILES string of the molecule is CN=C(NCC(=O)NC(C)(C)C)NCc1ccc(C)cc1OCC1CC1.I. The van der Waals surface area contributed by atoms with Crippen molar-refractivity contribution >= 4 is 35.8 Å². The molecular formula is C20H33IN4O2. The smallest absolute Gasteiger partial charge is 0.239 e. The Morgan fingerprint density at radius 2 is 1.96 bits per heavy atom. The minimum atomic E-state index is -0.245. The summed E-state index contributed by atoms with van der Waals surface area (Å²) in [5, 5.41) is 9.20. The van der Waals surface area contributed by atoms with Gasteiger partial charge in [0.25, 0.3) is 0 Å². The molecule has 0 aromatic heterocycles. The lowest BCUT2D eigenvalue weighted by Crippen LogP contribution is -2.48. The second-order valence-corrected chi connectivity index (χ2v) is 7.94. The second-order valence-electron chi connectivity index (χ2n) is 7.94. The molecule has 0 heterocycles. The Balaban J connectivity index is 0.00000364. The van der Waals surface area contributed by atoms with Gasteiger partial charge in [-0.15, -0.1) is 24.0 Å². The Hall–Kier alpha value is -1.51. The van der Waals surface area contributed by atoms with Gasteiger partial charge in [-0.1, -0.05) is 12.1 Å². The van der Waals surface area contributed by atoms with Crippen LogP contribution in [0.25, 0.3) is 0 Å².